The van der Waals surface area contributed by atoms with Gasteiger partial charge in [0.1, 0.15) is 0 Å². The zero-order valence-electron chi connectivity index (χ0n) is 10.8. The highest BCUT2D eigenvalue weighted by molar-refractivity contribution is 5.81. The molecular formula is C12H23N3O. The van der Waals surface area contributed by atoms with E-state index in [-0.39, 0.29) is 17.4 Å². The largest absolute Gasteiger partial charge is 0.355 e. The number of nitrogens with zero attached hydrogens (tertiary/aromatic N) is 1. The lowest BCUT2D eigenvalue weighted by molar-refractivity contribution is -0.122. The molecule has 4 nitrogen and oxygen atoms in total. The van der Waals surface area contributed by atoms with E-state index >= 15 is 0 Å². The van der Waals surface area contributed by atoms with Gasteiger partial charge in [-0.2, -0.15) is 5.26 Å². The Kier molecular flexibility index (Phi) is 6.75. The van der Waals surface area contributed by atoms with Crippen LogP contribution >= 0.6 is 0 Å². The fraction of sp³-hybridized carbons (Fsp3) is 0.833. The van der Waals surface area contributed by atoms with Crippen LogP contribution in [-0.4, -0.2) is 25.0 Å². The monoisotopic (exact) mass is 225 g/mol. The molecule has 0 aromatic heterocycles. The van der Waals surface area contributed by atoms with E-state index in [0.29, 0.717) is 13.0 Å². The third-order valence-corrected chi connectivity index (χ3v) is 2.54. The van der Waals surface area contributed by atoms with Crippen LogP contribution in [0.2, 0.25) is 0 Å². The Bertz CT molecular complexity index is 255. The second-order valence-corrected chi connectivity index (χ2v) is 4.82. The van der Waals surface area contributed by atoms with Crippen molar-refractivity contribution in [2.24, 2.45) is 5.41 Å². The van der Waals surface area contributed by atoms with E-state index in [0.717, 1.165) is 13.0 Å². The fourth-order valence-electron chi connectivity index (χ4n) is 1.33. The molecule has 0 aliphatic rings. The van der Waals surface area contributed by atoms with Gasteiger partial charge in [-0.1, -0.05) is 13.8 Å². The Morgan fingerprint density at radius 3 is 2.62 bits per heavy atom. The molecule has 0 aromatic rings. The molecule has 0 heterocycles. The number of amides is 1. The van der Waals surface area contributed by atoms with Crippen LogP contribution in [0, 0.1) is 16.7 Å². The van der Waals surface area contributed by atoms with Gasteiger partial charge in [-0.25, -0.2) is 0 Å². The average Bonchev–Trinajstić information content (AvgIpc) is 2.23. The van der Waals surface area contributed by atoms with Gasteiger partial charge in [-0.15, -0.1) is 0 Å². The van der Waals surface area contributed by atoms with Crippen molar-refractivity contribution >= 4 is 5.91 Å². The molecule has 1 unspecified atom stereocenters. The van der Waals surface area contributed by atoms with Crippen LogP contribution in [0.1, 0.15) is 40.5 Å². The van der Waals surface area contributed by atoms with Gasteiger partial charge >= 0.3 is 0 Å². The summed E-state index contributed by atoms with van der Waals surface area (Å²) in [5.41, 5.74) is 0.0521. The van der Waals surface area contributed by atoms with Crippen LogP contribution in [0.15, 0.2) is 0 Å². The number of carbonyl (C=O) groups excluding carboxylic acids is 1. The van der Waals surface area contributed by atoms with Gasteiger partial charge in [-0.3, -0.25) is 4.79 Å². The summed E-state index contributed by atoms with van der Waals surface area (Å²) in [5.74, 6) is 0.0265. The molecule has 1 amide bonds. The number of nitriles is 1. The molecule has 1 atom stereocenters. The third kappa shape index (κ3) is 6.41. The van der Waals surface area contributed by atoms with Gasteiger partial charge in [0.15, 0.2) is 0 Å². The molecule has 4 heteroatoms. The third-order valence-electron chi connectivity index (χ3n) is 2.54. The minimum atomic E-state index is -0.179. The van der Waals surface area contributed by atoms with Crippen LogP contribution in [0.5, 0.6) is 0 Å². The molecule has 0 aliphatic carbocycles. The molecule has 92 valence electrons. The Morgan fingerprint density at radius 1 is 1.50 bits per heavy atom. The lowest BCUT2D eigenvalue weighted by atomic mass is 9.88. The summed E-state index contributed by atoms with van der Waals surface area (Å²) in [6.45, 7) is 9.35. The topological polar surface area (TPSA) is 64.9 Å². The lowest BCUT2D eigenvalue weighted by Crippen LogP contribution is -2.45. The zero-order valence-corrected chi connectivity index (χ0v) is 10.8. The summed E-state index contributed by atoms with van der Waals surface area (Å²) in [5, 5.41) is 14.5. The highest BCUT2D eigenvalue weighted by atomic mass is 16.2. The SMILES string of the molecule is CCNC(=O)C(C)NCC(C)(C)CCC#N. The van der Waals surface area contributed by atoms with E-state index < -0.39 is 0 Å². The fourth-order valence-corrected chi connectivity index (χ4v) is 1.33. The number of rotatable bonds is 7. The molecule has 0 saturated heterocycles. The van der Waals surface area contributed by atoms with Gasteiger partial charge in [-0.05, 0) is 25.7 Å². The van der Waals surface area contributed by atoms with Gasteiger partial charge in [0.05, 0.1) is 12.1 Å². The maximum atomic E-state index is 11.4. The first kappa shape index (κ1) is 14.9. The summed E-state index contributed by atoms with van der Waals surface area (Å²) in [7, 11) is 0. The standard InChI is InChI=1S/C12H23N3O/c1-5-14-11(16)10(2)15-9-12(3,4)7-6-8-13/h10,15H,5-7,9H2,1-4H3,(H,14,16). The van der Waals surface area contributed by atoms with Gasteiger partial charge in [0, 0.05) is 19.5 Å². The summed E-state index contributed by atoms with van der Waals surface area (Å²) in [6.07, 6.45) is 1.41. The van der Waals surface area contributed by atoms with Crippen molar-refractivity contribution in [2.45, 2.75) is 46.6 Å². The minimum Gasteiger partial charge on any atom is -0.355 e. The summed E-state index contributed by atoms with van der Waals surface area (Å²) >= 11 is 0. The molecule has 0 radical (unpaired) electrons. The van der Waals surface area contributed by atoms with Gasteiger partial charge in [0.2, 0.25) is 5.91 Å². The van der Waals surface area contributed by atoms with Crippen molar-refractivity contribution in [3.05, 3.63) is 0 Å². The van der Waals surface area contributed by atoms with Crippen molar-refractivity contribution in [1.82, 2.24) is 10.6 Å². The number of hydrogen-bond acceptors (Lipinski definition) is 3. The molecule has 0 fully saturated rings. The molecule has 0 spiro atoms. The Balaban J connectivity index is 3.94. The molecular weight excluding hydrogens is 202 g/mol. The first-order valence-electron chi connectivity index (χ1n) is 5.81. The maximum absolute atomic E-state index is 11.4. The van der Waals surface area contributed by atoms with Gasteiger partial charge in [0.25, 0.3) is 0 Å². The Hall–Kier alpha value is -1.08. The van der Waals surface area contributed by atoms with E-state index in [1.807, 2.05) is 13.8 Å². The Morgan fingerprint density at radius 2 is 2.12 bits per heavy atom. The summed E-state index contributed by atoms with van der Waals surface area (Å²) in [6, 6.07) is 1.97. The van der Waals surface area contributed by atoms with E-state index in [9.17, 15) is 4.79 Å². The second kappa shape index (κ2) is 7.24. The summed E-state index contributed by atoms with van der Waals surface area (Å²) < 4.78 is 0. The van der Waals surface area contributed by atoms with Gasteiger partial charge < -0.3 is 10.6 Å². The molecule has 2 N–H and O–H groups in total. The smallest absolute Gasteiger partial charge is 0.236 e. The van der Waals surface area contributed by atoms with E-state index in [1.54, 1.807) is 0 Å². The van der Waals surface area contributed by atoms with Crippen LogP contribution in [0.4, 0.5) is 0 Å². The van der Waals surface area contributed by atoms with Crippen LogP contribution < -0.4 is 10.6 Å². The van der Waals surface area contributed by atoms with Crippen LogP contribution in [0.3, 0.4) is 0 Å². The normalized spacial score (nSPS) is 12.9. The lowest BCUT2D eigenvalue weighted by Gasteiger charge is -2.25. The number of nitrogens with one attached hydrogen (secondary N) is 2. The van der Waals surface area contributed by atoms with E-state index in [1.165, 1.54) is 0 Å². The first-order chi connectivity index (χ1) is 7.43. The highest BCUT2D eigenvalue weighted by Gasteiger charge is 2.20. The maximum Gasteiger partial charge on any atom is 0.236 e. The van der Waals surface area contributed by atoms with Crippen LogP contribution in [0.25, 0.3) is 0 Å². The zero-order chi connectivity index (χ0) is 12.6. The number of likely N-dealkylation sites (N-methyl/N-ethyl adjacent to an activating group) is 1. The van der Waals surface area contributed by atoms with Crippen molar-refractivity contribution < 1.29 is 4.79 Å². The predicted molar refractivity (Wildman–Crippen MR) is 64.8 cm³/mol. The average molecular weight is 225 g/mol. The van der Waals surface area contributed by atoms with Crippen molar-refractivity contribution in [3.63, 3.8) is 0 Å². The summed E-state index contributed by atoms with van der Waals surface area (Å²) in [4.78, 5) is 11.4. The molecule has 0 saturated carbocycles. The minimum absolute atomic E-state index is 0.0265. The van der Waals surface area contributed by atoms with E-state index in [2.05, 4.69) is 30.6 Å². The predicted octanol–water partition coefficient (Wildman–Crippen LogP) is 1.43. The second-order valence-electron chi connectivity index (χ2n) is 4.82. The highest BCUT2D eigenvalue weighted by Crippen LogP contribution is 2.20. The van der Waals surface area contributed by atoms with Crippen LogP contribution in [-0.2, 0) is 4.79 Å². The van der Waals surface area contributed by atoms with Crippen molar-refractivity contribution in [2.75, 3.05) is 13.1 Å². The molecule has 0 aromatic carbocycles. The van der Waals surface area contributed by atoms with Crippen molar-refractivity contribution in [1.29, 1.82) is 5.26 Å². The van der Waals surface area contributed by atoms with E-state index in [4.69, 9.17) is 5.26 Å². The molecule has 0 bridgehead atoms. The first-order valence-corrected chi connectivity index (χ1v) is 5.81. The van der Waals surface area contributed by atoms with Crippen molar-refractivity contribution in [3.8, 4) is 6.07 Å². The number of carbonyl (C=O) groups is 1. The quantitative estimate of drug-likeness (QED) is 0.689. The molecule has 16 heavy (non-hydrogen) atoms. The number of hydrogen-bond donors (Lipinski definition) is 2. The molecule has 0 rings (SSSR count). The molecule has 0 aliphatic heterocycles. The Labute approximate surface area is 98.4 Å².